The summed E-state index contributed by atoms with van der Waals surface area (Å²) in [6, 6.07) is 4.45. The molecule has 21 heavy (non-hydrogen) atoms. The molecule has 2 aromatic rings. The Kier molecular flexibility index (Phi) is 7.54. The van der Waals surface area contributed by atoms with E-state index < -0.39 is 0 Å². The molecule has 2 heterocycles. The molecule has 1 fully saturated rings. The highest BCUT2D eigenvalue weighted by molar-refractivity contribution is 6.31. The Bertz CT molecular complexity index is 548. The van der Waals surface area contributed by atoms with Gasteiger partial charge in [0.05, 0.1) is 0 Å². The molecule has 0 saturated carbocycles. The highest BCUT2D eigenvalue weighted by Crippen LogP contribution is 2.27. The summed E-state index contributed by atoms with van der Waals surface area (Å²) in [4.78, 5) is 6.66. The number of hydrogen-bond donors (Lipinski definition) is 1. The van der Waals surface area contributed by atoms with Gasteiger partial charge in [0.1, 0.15) is 5.52 Å². The topological polar surface area (TPSA) is 41.3 Å². The van der Waals surface area contributed by atoms with Crippen molar-refractivity contribution in [3.05, 3.63) is 22.7 Å². The summed E-state index contributed by atoms with van der Waals surface area (Å²) in [5, 5.41) is 4.01. The van der Waals surface area contributed by atoms with Crippen LogP contribution in [0.15, 0.2) is 16.5 Å². The molecule has 0 atom stereocenters. The van der Waals surface area contributed by atoms with Crippen LogP contribution in [0.2, 0.25) is 5.02 Å². The number of anilines is 1. The second kappa shape index (κ2) is 8.90. The van der Waals surface area contributed by atoms with E-state index in [0.717, 1.165) is 42.8 Å². The molecule has 1 saturated heterocycles. The van der Waals surface area contributed by atoms with Crippen molar-refractivity contribution in [1.82, 2.24) is 10.3 Å². The number of aromatic nitrogens is 1. The maximum atomic E-state index is 6.01. The fourth-order valence-corrected chi connectivity index (χ4v) is 2.40. The standard InChI is InChI=1S/C12H14ClN3O.2C2H6/c1-8-6-9(13)7-10-11(8)17-12(15-10)16-4-2-14-3-5-16;2*1-2/h6-7,14H,2-5H2,1H3;2*1-2H3. The summed E-state index contributed by atoms with van der Waals surface area (Å²) in [5.41, 5.74) is 2.70. The Morgan fingerprint density at radius 3 is 2.38 bits per heavy atom. The first-order chi connectivity index (χ1) is 10.2. The van der Waals surface area contributed by atoms with Crippen LogP contribution in [0, 0.1) is 6.92 Å². The SMILES string of the molecule is CC.CC.Cc1cc(Cl)cc2nc(N3CCNCC3)oc12. The van der Waals surface area contributed by atoms with Gasteiger partial charge in [0.15, 0.2) is 5.58 Å². The molecule has 1 aliphatic heterocycles. The average Bonchev–Trinajstić information content (AvgIpc) is 2.96. The Morgan fingerprint density at radius 2 is 1.76 bits per heavy atom. The molecule has 4 nitrogen and oxygen atoms in total. The van der Waals surface area contributed by atoms with E-state index in [1.807, 2.05) is 46.8 Å². The van der Waals surface area contributed by atoms with Crippen LogP contribution in [0.1, 0.15) is 33.3 Å². The van der Waals surface area contributed by atoms with Gasteiger partial charge in [-0.25, -0.2) is 0 Å². The summed E-state index contributed by atoms with van der Waals surface area (Å²) < 4.78 is 5.82. The van der Waals surface area contributed by atoms with Gasteiger partial charge in [-0.3, -0.25) is 0 Å². The van der Waals surface area contributed by atoms with Crippen molar-refractivity contribution < 1.29 is 4.42 Å². The van der Waals surface area contributed by atoms with E-state index in [0.29, 0.717) is 11.0 Å². The second-order valence-electron chi connectivity index (χ2n) is 4.30. The average molecular weight is 312 g/mol. The molecule has 0 bridgehead atoms. The predicted molar refractivity (Wildman–Crippen MR) is 91.5 cm³/mol. The lowest BCUT2D eigenvalue weighted by molar-refractivity contribution is 0.517. The minimum absolute atomic E-state index is 0.701. The molecule has 0 radical (unpaired) electrons. The smallest absolute Gasteiger partial charge is 0.298 e. The highest BCUT2D eigenvalue weighted by Gasteiger charge is 2.17. The molecule has 5 heteroatoms. The van der Waals surface area contributed by atoms with Gasteiger partial charge in [0.25, 0.3) is 6.01 Å². The first-order valence-electron chi connectivity index (χ1n) is 7.76. The van der Waals surface area contributed by atoms with Gasteiger partial charge in [0.2, 0.25) is 0 Å². The number of rotatable bonds is 1. The number of hydrogen-bond acceptors (Lipinski definition) is 4. The fraction of sp³-hybridized carbons (Fsp3) is 0.562. The van der Waals surface area contributed by atoms with E-state index in [-0.39, 0.29) is 0 Å². The lowest BCUT2D eigenvalue weighted by Gasteiger charge is -2.25. The van der Waals surface area contributed by atoms with Gasteiger partial charge in [-0.15, -0.1) is 0 Å². The molecule has 118 valence electrons. The number of aryl methyl sites for hydroxylation is 1. The van der Waals surface area contributed by atoms with E-state index in [1.54, 1.807) is 0 Å². The zero-order chi connectivity index (χ0) is 15.8. The van der Waals surface area contributed by atoms with Gasteiger partial charge >= 0.3 is 0 Å². The zero-order valence-corrected chi connectivity index (χ0v) is 14.4. The molecule has 0 aliphatic carbocycles. The van der Waals surface area contributed by atoms with Crippen molar-refractivity contribution in [2.45, 2.75) is 34.6 Å². The van der Waals surface area contributed by atoms with Gasteiger partial charge < -0.3 is 14.6 Å². The summed E-state index contributed by atoms with van der Waals surface area (Å²) in [5.74, 6) is 0. The van der Waals surface area contributed by atoms with Crippen LogP contribution in [0.3, 0.4) is 0 Å². The molecule has 1 aliphatic rings. The number of benzene rings is 1. The maximum absolute atomic E-state index is 6.01. The molecule has 1 N–H and O–H groups in total. The quantitative estimate of drug-likeness (QED) is 0.854. The third kappa shape index (κ3) is 4.35. The second-order valence-corrected chi connectivity index (χ2v) is 4.74. The van der Waals surface area contributed by atoms with E-state index in [4.69, 9.17) is 16.0 Å². The Labute approximate surface area is 132 Å². The van der Waals surface area contributed by atoms with Gasteiger partial charge in [-0.05, 0) is 24.6 Å². The van der Waals surface area contributed by atoms with Crippen LogP contribution in [0.4, 0.5) is 6.01 Å². The van der Waals surface area contributed by atoms with E-state index in [9.17, 15) is 0 Å². The third-order valence-electron chi connectivity index (χ3n) is 3.02. The van der Waals surface area contributed by atoms with Gasteiger partial charge in [-0.2, -0.15) is 4.98 Å². The lowest BCUT2D eigenvalue weighted by atomic mass is 10.2. The van der Waals surface area contributed by atoms with Crippen molar-refractivity contribution in [3.63, 3.8) is 0 Å². The Morgan fingerprint density at radius 1 is 1.14 bits per heavy atom. The molecule has 0 spiro atoms. The van der Waals surface area contributed by atoms with Crippen molar-refractivity contribution in [2.24, 2.45) is 0 Å². The van der Waals surface area contributed by atoms with Crippen LogP contribution in [-0.4, -0.2) is 31.2 Å². The number of halogens is 1. The van der Waals surface area contributed by atoms with Crippen LogP contribution in [0.25, 0.3) is 11.1 Å². The van der Waals surface area contributed by atoms with Crippen LogP contribution >= 0.6 is 11.6 Å². The van der Waals surface area contributed by atoms with Crippen molar-refractivity contribution in [1.29, 1.82) is 0 Å². The Balaban J connectivity index is 0.000000510. The highest BCUT2D eigenvalue weighted by atomic mass is 35.5. The molecular weight excluding hydrogens is 286 g/mol. The number of piperazine rings is 1. The largest absolute Gasteiger partial charge is 0.423 e. The molecule has 1 aromatic heterocycles. The van der Waals surface area contributed by atoms with Crippen LogP contribution < -0.4 is 10.2 Å². The summed E-state index contributed by atoms with van der Waals surface area (Å²) in [6.45, 7) is 13.8. The van der Waals surface area contributed by atoms with Crippen molar-refractivity contribution in [2.75, 3.05) is 31.1 Å². The normalized spacial score (nSPS) is 14.1. The van der Waals surface area contributed by atoms with E-state index >= 15 is 0 Å². The summed E-state index contributed by atoms with van der Waals surface area (Å²) in [7, 11) is 0. The summed E-state index contributed by atoms with van der Waals surface area (Å²) in [6.07, 6.45) is 0. The number of nitrogens with one attached hydrogen (secondary N) is 1. The Hall–Kier alpha value is -1.26. The summed E-state index contributed by atoms with van der Waals surface area (Å²) >= 11 is 6.01. The fourth-order valence-electron chi connectivity index (χ4n) is 2.14. The maximum Gasteiger partial charge on any atom is 0.298 e. The van der Waals surface area contributed by atoms with E-state index in [2.05, 4.69) is 15.2 Å². The third-order valence-corrected chi connectivity index (χ3v) is 3.23. The lowest BCUT2D eigenvalue weighted by Crippen LogP contribution is -2.43. The number of oxazole rings is 1. The molecule has 0 unspecified atom stereocenters. The zero-order valence-electron chi connectivity index (χ0n) is 13.7. The predicted octanol–water partition coefficient (Wildman–Crippen LogP) is 4.25. The van der Waals surface area contributed by atoms with Crippen LogP contribution in [0.5, 0.6) is 0 Å². The minimum atomic E-state index is 0.701. The molecule has 1 aromatic carbocycles. The molecular formula is C16H26ClN3O. The number of fused-ring (bicyclic) bond motifs is 1. The first kappa shape index (κ1) is 17.8. The number of nitrogens with zero attached hydrogens (tertiary/aromatic N) is 2. The van der Waals surface area contributed by atoms with E-state index in [1.165, 1.54) is 0 Å². The van der Waals surface area contributed by atoms with Gasteiger partial charge in [-0.1, -0.05) is 39.3 Å². The first-order valence-corrected chi connectivity index (χ1v) is 8.14. The van der Waals surface area contributed by atoms with Crippen LogP contribution in [-0.2, 0) is 0 Å². The molecule has 0 amide bonds. The monoisotopic (exact) mass is 311 g/mol. The van der Waals surface area contributed by atoms with Gasteiger partial charge in [0, 0.05) is 31.2 Å². The molecule has 3 rings (SSSR count). The van der Waals surface area contributed by atoms with Crippen molar-refractivity contribution in [3.8, 4) is 0 Å². The van der Waals surface area contributed by atoms with Crippen molar-refractivity contribution >= 4 is 28.7 Å². The minimum Gasteiger partial charge on any atom is -0.423 e.